The molecule has 112 valence electrons. The first kappa shape index (κ1) is 15.2. The van der Waals surface area contributed by atoms with Gasteiger partial charge < -0.3 is 5.32 Å². The number of benzene rings is 1. The van der Waals surface area contributed by atoms with Gasteiger partial charge in [0.1, 0.15) is 0 Å². The molecule has 1 aliphatic heterocycles. The molecule has 1 aromatic carbocycles. The van der Waals surface area contributed by atoms with Crippen LogP contribution in [0.5, 0.6) is 0 Å². The van der Waals surface area contributed by atoms with Crippen LogP contribution in [0, 0.1) is 23.3 Å². The fourth-order valence-corrected chi connectivity index (χ4v) is 3.68. The highest BCUT2D eigenvalue weighted by molar-refractivity contribution is 7.89. The first-order valence-corrected chi connectivity index (χ1v) is 7.25. The average molecular weight is 312 g/mol. The summed E-state index contributed by atoms with van der Waals surface area (Å²) >= 11 is 0. The van der Waals surface area contributed by atoms with E-state index >= 15 is 0 Å². The van der Waals surface area contributed by atoms with Crippen LogP contribution in [-0.2, 0) is 10.0 Å². The maximum absolute atomic E-state index is 13.6. The van der Waals surface area contributed by atoms with Gasteiger partial charge in [-0.15, -0.1) is 0 Å². The summed E-state index contributed by atoms with van der Waals surface area (Å²) < 4.78 is 78.5. The molecule has 9 heteroatoms. The number of halogens is 4. The van der Waals surface area contributed by atoms with Gasteiger partial charge >= 0.3 is 0 Å². The molecule has 1 aliphatic rings. The Morgan fingerprint density at radius 2 is 1.75 bits per heavy atom. The van der Waals surface area contributed by atoms with E-state index in [4.69, 9.17) is 0 Å². The van der Waals surface area contributed by atoms with Crippen LogP contribution in [0.4, 0.5) is 17.6 Å². The summed E-state index contributed by atoms with van der Waals surface area (Å²) in [7, 11) is -4.64. The Hall–Kier alpha value is -1.19. The topological polar surface area (TPSA) is 49.4 Å². The molecular weight excluding hydrogens is 300 g/mol. The third-order valence-corrected chi connectivity index (χ3v) is 4.89. The van der Waals surface area contributed by atoms with Gasteiger partial charge in [-0.05, 0) is 6.92 Å². The average Bonchev–Trinajstić information content (AvgIpc) is 2.36. The summed E-state index contributed by atoms with van der Waals surface area (Å²) in [5.41, 5.74) is 0. The maximum atomic E-state index is 13.6. The minimum Gasteiger partial charge on any atom is -0.312 e. The van der Waals surface area contributed by atoms with Crippen LogP contribution < -0.4 is 5.32 Å². The molecule has 0 amide bonds. The molecule has 1 N–H and O–H groups in total. The van der Waals surface area contributed by atoms with Crippen molar-refractivity contribution in [3.63, 3.8) is 0 Å². The van der Waals surface area contributed by atoms with Crippen LogP contribution >= 0.6 is 0 Å². The van der Waals surface area contributed by atoms with Crippen molar-refractivity contribution >= 4 is 10.0 Å². The van der Waals surface area contributed by atoms with E-state index in [0.29, 0.717) is 0 Å². The smallest absolute Gasteiger partial charge is 0.249 e. The summed E-state index contributed by atoms with van der Waals surface area (Å²) in [6, 6.07) is -0.257. The zero-order valence-electron chi connectivity index (χ0n) is 10.5. The molecular formula is C11H12F4N2O2S. The highest BCUT2D eigenvalue weighted by Crippen LogP contribution is 2.27. The van der Waals surface area contributed by atoms with Gasteiger partial charge in [-0.2, -0.15) is 4.31 Å². The molecule has 1 fully saturated rings. The molecule has 1 saturated heterocycles. The van der Waals surface area contributed by atoms with Crippen molar-refractivity contribution in [3.8, 4) is 0 Å². The minimum absolute atomic E-state index is 0.0237. The first-order valence-electron chi connectivity index (χ1n) is 5.81. The van der Waals surface area contributed by atoms with Gasteiger partial charge in [0, 0.05) is 31.7 Å². The molecule has 0 spiro atoms. The molecule has 4 nitrogen and oxygen atoms in total. The second kappa shape index (κ2) is 5.30. The van der Waals surface area contributed by atoms with Crippen molar-refractivity contribution < 1.29 is 26.0 Å². The van der Waals surface area contributed by atoms with E-state index in [1.807, 2.05) is 0 Å². The van der Waals surface area contributed by atoms with Crippen molar-refractivity contribution in [1.29, 1.82) is 0 Å². The fourth-order valence-electron chi connectivity index (χ4n) is 2.02. The summed E-state index contributed by atoms with van der Waals surface area (Å²) in [5, 5.41) is 2.95. The third kappa shape index (κ3) is 2.52. The van der Waals surface area contributed by atoms with Crippen molar-refractivity contribution in [2.24, 2.45) is 0 Å². The lowest BCUT2D eigenvalue weighted by atomic mass is 10.3. The van der Waals surface area contributed by atoms with Crippen LogP contribution in [0.15, 0.2) is 11.0 Å². The SMILES string of the molecule is C[C@@H]1CN(S(=O)(=O)c2c(F)c(F)cc(F)c2F)CCN1. The van der Waals surface area contributed by atoms with Gasteiger partial charge in [0.15, 0.2) is 28.2 Å². The third-order valence-electron chi connectivity index (χ3n) is 3.00. The molecule has 0 saturated carbocycles. The standard InChI is InChI=1S/C11H12F4N2O2S/c1-6-5-17(3-2-16-6)20(18,19)11-9(14)7(12)4-8(13)10(11)15/h4,6,16H,2-3,5H2,1H3/t6-/m1/s1. The van der Waals surface area contributed by atoms with E-state index in [-0.39, 0.29) is 31.7 Å². The Morgan fingerprint density at radius 3 is 2.25 bits per heavy atom. The van der Waals surface area contributed by atoms with E-state index in [9.17, 15) is 26.0 Å². The molecule has 0 aliphatic carbocycles. The number of sulfonamides is 1. The summed E-state index contributed by atoms with van der Waals surface area (Å²) in [6.07, 6.45) is 0. The second-order valence-electron chi connectivity index (χ2n) is 4.52. The van der Waals surface area contributed by atoms with Crippen molar-refractivity contribution in [3.05, 3.63) is 29.3 Å². The molecule has 1 heterocycles. The number of hydrogen-bond acceptors (Lipinski definition) is 3. The normalized spacial score (nSPS) is 21.1. The lowest BCUT2D eigenvalue weighted by Gasteiger charge is -2.31. The van der Waals surface area contributed by atoms with Gasteiger partial charge in [0.2, 0.25) is 10.0 Å². The van der Waals surface area contributed by atoms with Crippen LogP contribution in [0.25, 0.3) is 0 Å². The lowest BCUT2D eigenvalue weighted by Crippen LogP contribution is -2.51. The predicted octanol–water partition coefficient (Wildman–Crippen LogP) is 1.23. The molecule has 20 heavy (non-hydrogen) atoms. The number of rotatable bonds is 2. The largest absolute Gasteiger partial charge is 0.312 e. The van der Waals surface area contributed by atoms with Crippen molar-refractivity contribution in [2.45, 2.75) is 17.9 Å². The van der Waals surface area contributed by atoms with Gasteiger partial charge in [-0.3, -0.25) is 0 Å². The van der Waals surface area contributed by atoms with Gasteiger partial charge in [0.05, 0.1) is 0 Å². The van der Waals surface area contributed by atoms with E-state index in [2.05, 4.69) is 5.32 Å². The minimum atomic E-state index is -4.64. The monoisotopic (exact) mass is 312 g/mol. The Balaban J connectivity index is 2.55. The Labute approximate surface area is 113 Å². The van der Waals surface area contributed by atoms with Crippen LogP contribution in [0.1, 0.15) is 6.92 Å². The van der Waals surface area contributed by atoms with Crippen LogP contribution in [0.2, 0.25) is 0 Å². The van der Waals surface area contributed by atoms with E-state index < -0.39 is 38.2 Å². The number of nitrogens with zero attached hydrogens (tertiary/aromatic N) is 1. The van der Waals surface area contributed by atoms with Gasteiger partial charge in [-0.25, -0.2) is 26.0 Å². The summed E-state index contributed by atoms with van der Waals surface area (Å²) in [5.74, 6) is -7.30. The molecule has 1 atom stereocenters. The number of piperazine rings is 1. The molecule has 0 unspecified atom stereocenters. The Morgan fingerprint density at radius 1 is 1.20 bits per heavy atom. The summed E-state index contributed by atoms with van der Waals surface area (Å²) in [4.78, 5) is -1.58. The number of nitrogens with one attached hydrogen (secondary N) is 1. The second-order valence-corrected chi connectivity index (χ2v) is 6.39. The molecule has 1 aromatic rings. The molecule has 0 aromatic heterocycles. The molecule has 0 radical (unpaired) electrons. The molecule has 0 bridgehead atoms. The first-order chi connectivity index (χ1) is 9.25. The highest BCUT2D eigenvalue weighted by atomic mass is 32.2. The van der Waals surface area contributed by atoms with Crippen molar-refractivity contribution in [2.75, 3.05) is 19.6 Å². The zero-order valence-corrected chi connectivity index (χ0v) is 11.3. The zero-order chi connectivity index (χ0) is 15.1. The Bertz CT molecular complexity index is 610. The molecule has 2 rings (SSSR count). The fraction of sp³-hybridized carbons (Fsp3) is 0.455. The highest BCUT2D eigenvalue weighted by Gasteiger charge is 2.36. The summed E-state index contributed by atoms with van der Waals surface area (Å²) in [6.45, 7) is 1.88. The van der Waals surface area contributed by atoms with E-state index in [1.165, 1.54) is 0 Å². The Kier molecular flexibility index (Phi) is 4.03. The van der Waals surface area contributed by atoms with Gasteiger partial charge in [0.25, 0.3) is 0 Å². The van der Waals surface area contributed by atoms with E-state index in [1.54, 1.807) is 6.92 Å². The lowest BCUT2D eigenvalue weighted by molar-refractivity contribution is 0.305. The number of hydrogen-bond donors (Lipinski definition) is 1. The van der Waals surface area contributed by atoms with Crippen LogP contribution in [-0.4, -0.2) is 38.4 Å². The predicted molar refractivity (Wildman–Crippen MR) is 62.5 cm³/mol. The van der Waals surface area contributed by atoms with E-state index in [0.717, 1.165) is 4.31 Å². The van der Waals surface area contributed by atoms with Crippen LogP contribution in [0.3, 0.4) is 0 Å². The quantitative estimate of drug-likeness (QED) is 0.660. The van der Waals surface area contributed by atoms with Gasteiger partial charge in [-0.1, -0.05) is 0 Å². The maximum Gasteiger partial charge on any atom is 0.249 e. The van der Waals surface area contributed by atoms with Crippen molar-refractivity contribution in [1.82, 2.24) is 9.62 Å².